The molecule has 2 unspecified atom stereocenters. The Morgan fingerprint density at radius 3 is 2.52 bits per heavy atom. The van der Waals surface area contributed by atoms with Crippen molar-refractivity contribution in [2.75, 3.05) is 20.1 Å². The van der Waals surface area contributed by atoms with Crippen LogP contribution >= 0.6 is 11.6 Å². The topological polar surface area (TPSA) is 32.8 Å². The van der Waals surface area contributed by atoms with E-state index in [1.807, 2.05) is 18.7 Å². The van der Waals surface area contributed by atoms with Crippen LogP contribution in [0.3, 0.4) is 0 Å². The van der Waals surface area contributed by atoms with Gasteiger partial charge in [0.2, 0.25) is 0 Å². The molecule has 0 saturated carbocycles. The molecule has 2 fully saturated rings. The van der Waals surface area contributed by atoms with Crippen LogP contribution in [-0.4, -0.2) is 53.5 Å². The summed E-state index contributed by atoms with van der Waals surface area (Å²) in [6, 6.07) is 8.26. The van der Waals surface area contributed by atoms with Crippen LogP contribution in [0.25, 0.3) is 0 Å². The van der Waals surface area contributed by atoms with Crippen LogP contribution in [0.2, 0.25) is 5.02 Å². The molecule has 2 bridgehead atoms. The minimum atomic E-state index is -0.879. The van der Waals surface area contributed by atoms with Gasteiger partial charge >= 0.3 is 0 Å². The van der Waals surface area contributed by atoms with Gasteiger partial charge in [-0.25, -0.2) is 0 Å². The lowest BCUT2D eigenvalue weighted by molar-refractivity contribution is -0.145. The highest BCUT2D eigenvalue weighted by atomic mass is 35.5. The molecule has 5 heteroatoms. The average molecular weight is 337 g/mol. The third-order valence-corrected chi connectivity index (χ3v) is 5.39. The van der Waals surface area contributed by atoms with Crippen molar-refractivity contribution in [2.24, 2.45) is 0 Å². The molecule has 1 aromatic rings. The fourth-order valence-electron chi connectivity index (χ4n) is 3.71. The molecule has 2 aliphatic heterocycles. The number of carbonyl (C=O) groups is 1. The SMILES string of the molecule is CN1C2CCC1CN(C(=O)C(C)(C)Oc1ccc(Cl)cc1)CC2. The Morgan fingerprint density at radius 1 is 1.17 bits per heavy atom. The Labute approximate surface area is 143 Å². The Balaban J connectivity index is 1.69. The van der Waals surface area contributed by atoms with E-state index in [9.17, 15) is 4.79 Å². The standard InChI is InChI=1S/C18H25ClN2O2/c1-18(2,23-16-8-4-13(19)5-9-16)17(22)21-11-10-14-6-7-15(12-21)20(14)3/h4-5,8-9,14-15H,6-7,10-12H2,1-3H3. The summed E-state index contributed by atoms with van der Waals surface area (Å²) in [5, 5.41) is 0.660. The minimum absolute atomic E-state index is 0.0633. The smallest absolute Gasteiger partial charge is 0.266 e. The van der Waals surface area contributed by atoms with Crippen LogP contribution in [0.4, 0.5) is 0 Å². The Kier molecular flexibility index (Phi) is 4.56. The van der Waals surface area contributed by atoms with Crippen molar-refractivity contribution in [3.63, 3.8) is 0 Å². The zero-order chi connectivity index (χ0) is 16.6. The molecule has 3 rings (SSSR count). The molecule has 2 heterocycles. The van der Waals surface area contributed by atoms with Gasteiger partial charge in [0.05, 0.1) is 0 Å². The zero-order valence-electron chi connectivity index (χ0n) is 14.1. The lowest BCUT2D eigenvalue weighted by Gasteiger charge is -2.33. The molecule has 2 saturated heterocycles. The third-order valence-electron chi connectivity index (χ3n) is 5.14. The van der Waals surface area contributed by atoms with Crippen LogP contribution in [0, 0.1) is 0 Å². The van der Waals surface area contributed by atoms with E-state index in [0.717, 1.165) is 19.5 Å². The van der Waals surface area contributed by atoms with E-state index in [0.29, 0.717) is 22.9 Å². The van der Waals surface area contributed by atoms with Crippen LogP contribution in [0.1, 0.15) is 33.1 Å². The zero-order valence-corrected chi connectivity index (χ0v) is 14.8. The predicted octanol–water partition coefficient (Wildman–Crippen LogP) is 3.19. The number of benzene rings is 1. The van der Waals surface area contributed by atoms with Crippen molar-refractivity contribution in [1.29, 1.82) is 0 Å². The molecule has 0 N–H and O–H groups in total. The maximum Gasteiger partial charge on any atom is 0.266 e. The van der Waals surface area contributed by atoms with Gasteiger partial charge in [-0.1, -0.05) is 11.6 Å². The molecule has 0 radical (unpaired) electrons. The highest BCUT2D eigenvalue weighted by Crippen LogP contribution is 2.30. The van der Waals surface area contributed by atoms with E-state index in [-0.39, 0.29) is 5.91 Å². The summed E-state index contributed by atoms with van der Waals surface area (Å²) >= 11 is 5.90. The first kappa shape index (κ1) is 16.6. The predicted molar refractivity (Wildman–Crippen MR) is 91.9 cm³/mol. The second-order valence-corrected chi connectivity index (χ2v) is 7.59. The minimum Gasteiger partial charge on any atom is -0.478 e. The number of rotatable bonds is 3. The number of halogens is 1. The van der Waals surface area contributed by atoms with Gasteiger partial charge in [-0.15, -0.1) is 0 Å². The molecule has 0 aromatic heterocycles. The molecule has 0 aliphatic carbocycles. The molecular formula is C18H25ClN2O2. The van der Waals surface area contributed by atoms with Crippen LogP contribution < -0.4 is 4.74 Å². The van der Waals surface area contributed by atoms with Gasteiger partial charge in [0.25, 0.3) is 5.91 Å². The van der Waals surface area contributed by atoms with E-state index in [4.69, 9.17) is 16.3 Å². The van der Waals surface area contributed by atoms with Crippen molar-refractivity contribution in [3.8, 4) is 5.75 Å². The largest absolute Gasteiger partial charge is 0.478 e. The number of nitrogens with zero attached hydrogens (tertiary/aromatic N) is 2. The average Bonchev–Trinajstić information content (AvgIpc) is 2.74. The second kappa shape index (κ2) is 6.33. The van der Waals surface area contributed by atoms with Gasteiger partial charge in [0.1, 0.15) is 5.75 Å². The van der Waals surface area contributed by atoms with E-state index < -0.39 is 5.60 Å². The Morgan fingerprint density at radius 2 is 1.83 bits per heavy atom. The molecule has 2 atom stereocenters. The normalized spacial score (nSPS) is 25.3. The van der Waals surface area contributed by atoms with Crippen LogP contribution in [0.5, 0.6) is 5.75 Å². The van der Waals surface area contributed by atoms with Gasteiger partial charge in [-0.05, 0) is 64.4 Å². The molecule has 2 aliphatic rings. The van der Waals surface area contributed by atoms with Gasteiger partial charge in [-0.2, -0.15) is 0 Å². The highest BCUT2D eigenvalue weighted by Gasteiger charge is 2.40. The number of fused-ring (bicyclic) bond motifs is 2. The molecule has 4 nitrogen and oxygen atoms in total. The molecule has 0 spiro atoms. The summed E-state index contributed by atoms with van der Waals surface area (Å²) in [6.07, 6.45) is 3.49. The maximum atomic E-state index is 13.0. The third kappa shape index (κ3) is 3.48. The number of carbonyl (C=O) groups excluding carboxylic acids is 1. The van der Waals surface area contributed by atoms with E-state index in [2.05, 4.69) is 11.9 Å². The Hall–Kier alpha value is -1.26. The Bertz CT molecular complexity index is 573. The highest BCUT2D eigenvalue weighted by molar-refractivity contribution is 6.30. The number of hydrogen-bond acceptors (Lipinski definition) is 3. The van der Waals surface area contributed by atoms with E-state index >= 15 is 0 Å². The number of likely N-dealkylation sites (N-methyl/N-ethyl adjacent to an activating group) is 1. The van der Waals surface area contributed by atoms with Gasteiger partial charge in [0.15, 0.2) is 5.60 Å². The van der Waals surface area contributed by atoms with Gasteiger partial charge < -0.3 is 9.64 Å². The van der Waals surface area contributed by atoms with E-state index in [1.165, 1.54) is 12.8 Å². The summed E-state index contributed by atoms with van der Waals surface area (Å²) in [4.78, 5) is 17.4. The number of hydrogen-bond donors (Lipinski definition) is 0. The van der Waals surface area contributed by atoms with Gasteiger partial charge in [-0.3, -0.25) is 9.69 Å². The number of amides is 1. The van der Waals surface area contributed by atoms with E-state index in [1.54, 1.807) is 24.3 Å². The lowest BCUT2D eigenvalue weighted by atomic mass is 10.0. The van der Waals surface area contributed by atoms with Crippen molar-refractivity contribution >= 4 is 17.5 Å². The summed E-state index contributed by atoms with van der Waals surface area (Å²) in [5.41, 5.74) is -0.879. The van der Waals surface area contributed by atoms with Gasteiger partial charge in [0, 0.05) is 30.2 Å². The summed E-state index contributed by atoms with van der Waals surface area (Å²) < 4.78 is 5.96. The fraction of sp³-hybridized carbons (Fsp3) is 0.611. The first-order valence-corrected chi connectivity index (χ1v) is 8.70. The molecule has 1 aromatic carbocycles. The number of ether oxygens (including phenoxy) is 1. The fourth-order valence-corrected chi connectivity index (χ4v) is 3.84. The first-order chi connectivity index (χ1) is 10.9. The second-order valence-electron chi connectivity index (χ2n) is 7.16. The molecule has 1 amide bonds. The van der Waals surface area contributed by atoms with Crippen molar-refractivity contribution in [2.45, 2.75) is 50.8 Å². The first-order valence-electron chi connectivity index (χ1n) is 8.33. The molecule has 126 valence electrons. The van der Waals surface area contributed by atoms with Crippen molar-refractivity contribution in [3.05, 3.63) is 29.3 Å². The maximum absolute atomic E-state index is 13.0. The molecule has 23 heavy (non-hydrogen) atoms. The summed E-state index contributed by atoms with van der Waals surface area (Å²) in [5.74, 6) is 0.731. The van der Waals surface area contributed by atoms with Crippen LogP contribution in [-0.2, 0) is 4.79 Å². The van der Waals surface area contributed by atoms with Crippen molar-refractivity contribution < 1.29 is 9.53 Å². The summed E-state index contributed by atoms with van der Waals surface area (Å²) in [6.45, 7) is 5.31. The summed E-state index contributed by atoms with van der Waals surface area (Å²) in [7, 11) is 2.19. The molecular weight excluding hydrogens is 312 g/mol. The van der Waals surface area contributed by atoms with Crippen LogP contribution in [0.15, 0.2) is 24.3 Å². The monoisotopic (exact) mass is 336 g/mol. The lowest BCUT2D eigenvalue weighted by Crippen LogP contribution is -2.51. The van der Waals surface area contributed by atoms with Crippen molar-refractivity contribution in [1.82, 2.24) is 9.80 Å². The quantitative estimate of drug-likeness (QED) is 0.849. The number of likely N-dealkylation sites (tertiary alicyclic amines) is 1.